The van der Waals surface area contributed by atoms with E-state index in [0.29, 0.717) is 6.61 Å². The Morgan fingerprint density at radius 3 is 2.88 bits per heavy atom. The molecule has 1 aliphatic heterocycles. The monoisotopic (exact) mass is 490 g/mol. The number of nitrogens with one attached hydrogen (secondary N) is 2. The summed E-state index contributed by atoms with van der Waals surface area (Å²) in [7, 11) is 1.38. The van der Waals surface area contributed by atoms with Crippen LogP contribution in [0.4, 0.5) is 5.82 Å². The first kappa shape index (κ1) is 25.7. The Morgan fingerprint density at radius 2 is 2.12 bits per heavy atom. The lowest BCUT2D eigenvalue weighted by Crippen LogP contribution is -2.41. The standard InChI is InChI=1S/C24H31ClN4O5/c1-15(5-7-17-8-6-16-4-3-10-27-22(16)28-17)14-34-11-9-19(24(31)32)29-23(30)21-18(25)12-26-13-20(21)33-2/h6,8,12-13,15,19H,3-5,7,9-11,14H2,1-2H3,(H,27,28)(H,29,30)(H,31,32). The highest BCUT2D eigenvalue weighted by Gasteiger charge is 2.24. The summed E-state index contributed by atoms with van der Waals surface area (Å²) >= 11 is 6.05. The van der Waals surface area contributed by atoms with Crippen molar-refractivity contribution in [2.75, 3.05) is 32.2 Å². The van der Waals surface area contributed by atoms with Crippen molar-refractivity contribution in [3.8, 4) is 5.75 Å². The highest BCUT2D eigenvalue weighted by Crippen LogP contribution is 2.25. The molecule has 3 rings (SSSR count). The number of methoxy groups -OCH3 is 1. The zero-order valence-corrected chi connectivity index (χ0v) is 20.2. The minimum atomic E-state index is -1.15. The van der Waals surface area contributed by atoms with E-state index < -0.39 is 17.9 Å². The van der Waals surface area contributed by atoms with Gasteiger partial charge in [-0.05, 0) is 43.2 Å². The van der Waals surface area contributed by atoms with Crippen molar-refractivity contribution in [1.29, 1.82) is 0 Å². The predicted molar refractivity (Wildman–Crippen MR) is 129 cm³/mol. The number of carboxylic acid groups (broad SMARTS) is 1. The number of carbonyl (C=O) groups is 2. The summed E-state index contributed by atoms with van der Waals surface area (Å²) in [5.41, 5.74) is 2.38. The van der Waals surface area contributed by atoms with Crippen LogP contribution in [0.15, 0.2) is 24.5 Å². The van der Waals surface area contributed by atoms with E-state index in [1.807, 2.05) is 0 Å². The van der Waals surface area contributed by atoms with E-state index >= 15 is 0 Å². The van der Waals surface area contributed by atoms with Crippen molar-refractivity contribution < 1.29 is 24.2 Å². The third-order valence-electron chi connectivity index (χ3n) is 5.71. The number of carboxylic acids is 1. The molecule has 2 aromatic rings. The van der Waals surface area contributed by atoms with Gasteiger partial charge in [0.1, 0.15) is 17.4 Å². The van der Waals surface area contributed by atoms with Crippen molar-refractivity contribution in [3.63, 3.8) is 0 Å². The fourth-order valence-electron chi connectivity index (χ4n) is 3.75. The number of aliphatic carboxylic acids is 1. The van der Waals surface area contributed by atoms with E-state index in [1.54, 1.807) is 0 Å². The number of aromatic nitrogens is 2. The summed E-state index contributed by atoms with van der Waals surface area (Å²) in [6, 6.07) is 3.12. The van der Waals surface area contributed by atoms with Crippen LogP contribution >= 0.6 is 11.6 Å². The number of hydrogen-bond acceptors (Lipinski definition) is 7. The molecular weight excluding hydrogens is 460 g/mol. The second-order valence-electron chi connectivity index (χ2n) is 8.41. The maximum atomic E-state index is 12.6. The van der Waals surface area contributed by atoms with Crippen LogP contribution in [0, 0.1) is 5.92 Å². The van der Waals surface area contributed by atoms with Crippen molar-refractivity contribution >= 4 is 29.3 Å². The van der Waals surface area contributed by atoms with E-state index in [9.17, 15) is 14.7 Å². The van der Waals surface area contributed by atoms with Gasteiger partial charge in [0, 0.05) is 38.1 Å². The number of halogens is 1. The van der Waals surface area contributed by atoms with Gasteiger partial charge in [0.2, 0.25) is 0 Å². The number of anilines is 1. The number of aryl methyl sites for hydroxylation is 2. The molecule has 1 aliphatic rings. The lowest BCUT2D eigenvalue weighted by atomic mass is 10.0. The van der Waals surface area contributed by atoms with Crippen LogP contribution < -0.4 is 15.4 Å². The van der Waals surface area contributed by atoms with Gasteiger partial charge in [0.05, 0.1) is 18.3 Å². The van der Waals surface area contributed by atoms with Crippen LogP contribution in [0.2, 0.25) is 5.02 Å². The van der Waals surface area contributed by atoms with E-state index in [0.717, 1.165) is 43.7 Å². The summed E-state index contributed by atoms with van der Waals surface area (Å²) in [4.78, 5) is 32.8. The Bertz CT molecular complexity index is 1000. The van der Waals surface area contributed by atoms with Crippen molar-refractivity contribution in [3.05, 3.63) is 46.4 Å². The number of carbonyl (C=O) groups excluding carboxylic acids is 1. The average molecular weight is 491 g/mol. The summed E-state index contributed by atoms with van der Waals surface area (Å²) in [6.45, 7) is 3.75. The molecule has 0 saturated carbocycles. The Morgan fingerprint density at radius 1 is 1.29 bits per heavy atom. The molecule has 184 valence electrons. The smallest absolute Gasteiger partial charge is 0.326 e. The van der Waals surface area contributed by atoms with Gasteiger partial charge in [0.25, 0.3) is 5.91 Å². The molecule has 2 atom stereocenters. The highest BCUT2D eigenvalue weighted by atomic mass is 35.5. The molecule has 0 radical (unpaired) electrons. The van der Waals surface area contributed by atoms with Crippen LogP contribution in [0.5, 0.6) is 5.75 Å². The average Bonchev–Trinajstić information content (AvgIpc) is 2.83. The van der Waals surface area contributed by atoms with Crippen LogP contribution in [0.25, 0.3) is 0 Å². The number of pyridine rings is 2. The molecule has 0 aromatic carbocycles. The summed E-state index contributed by atoms with van der Waals surface area (Å²) in [5, 5.41) is 15.4. The van der Waals surface area contributed by atoms with Gasteiger partial charge in [-0.15, -0.1) is 0 Å². The molecule has 0 spiro atoms. The molecule has 3 N–H and O–H groups in total. The second-order valence-corrected chi connectivity index (χ2v) is 8.82. The highest BCUT2D eigenvalue weighted by molar-refractivity contribution is 6.34. The first-order valence-electron chi connectivity index (χ1n) is 11.4. The van der Waals surface area contributed by atoms with Gasteiger partial charge < -0.3 is 25.2 Å². The van der Waals surface area contributed by atoms with Gasteiger partial charge in [0.15, 0.2) is 5.75 Å². The molecule has 2 aromatic heterocycles. The second kappa shape index (κ2) is 12.5. The fraction of sp³-hybridized carbons (Fsp3) is 0.500. The molecule has 0 fully saturated rings. The van der Waals surface area contributed by atoms with Crippen LogP contribution in [0.1, 0.15) is 47.8 Å². The lowest BCUT2D eigenvalue weighted by molar-refractivity contribution is -0.139. The zero-order valence-electron chi connectivity index (χ0n) is 19.5. The molecule has 2 unspecified atom stereocenters. The lowest BCUT2D eigenvalue weighted by Gasteiger charge is -2.18. The van der Waals surface area contributed by atoms with E-state index in [2.05, 4.69) is 34.7 Å². The maximum absolute atomic E-state index is 12.6. The molecule has 0 saturated heterocycles. The van der Waals surface area contributed by atoms with Crippen LogP contribution in [-0.2, 0) is 22.4 Å². The Hall–Kier alpha value is -2.91. The molecular formula is C24H31ClN4O5. The molecule has 0 aliphatic carbocycles. The number of nitrogens with zero attached hydrogens (tertiary/aromatic N) is 2. The molecule has 10 heteroatoms. The van der Waals surface area contributed by atoms with Crippen molar-refractivity contribution in [2.24, 2.45) is 5.92 Å². The quantitative estimate of drug-likeness (QED) is 0.387. The number of fused-ring (bicyclic) bond motifs is 1. The minimum Gasteiger partial charge on any atom is -0.494 e. The molecule has 34 heavy (non-hydrogen) atoms. The van der Waals surface area contributed by atoms with Gasteiger partial charge in [-0.1, -0.05) is 24.6 Å². The third kappa shape index (κ3) is 7.04. The summed E-state index contributed by atoms with van der Waals surface area (Å²) in [6.07, 6.45) is 6.73. The predicted octanol–water partition coefficient (Wildman–Crippen LogP) is 3.36. The summed E-state index contributed by atoms with van der Waals surface area (Å²) in [5.74, 6) is -0.342. The fourth-order valence-corrected chi connectivity index (χ4v) is 3.99. The van der Waals surface area contributed by atoms with E-state index in [1.165, 1.54) is 25.1 Å². The van der Waals surface area contributed by atoms with Crippen LogP contribution in [-0.4, -0.2) is 59.9 Å². The van der Waals surface area contributed by atoms with Gasteiger partial charge in [-0.25, -0.2) is 9.78 Å². The topological polar surface area (TPSA) is 123 Å². The summed E-state index contributed by atoms with van der Waals surface area (Å²) < 4.78 is 10.8. The molecule has 0 bridgehead atoms. The number of rotatable bonds is 12. The number of hydrogen-bond donors (Lipinski definition) is 3. The van der Waals surface area contributed by atoms with E-state index in [4.69, 9.17) is 26.1 Å². The number of amides is 1. The Labute approximate surface area is 204 Å². The molecule has 3 heterocycles. The zero-order chi connectivity index (χ0) is 24.5. The Kier molecular flexibility index (Phi) is 9.47. The van der Waals surface area contributed by atoms with Crippen molar-refractivity contribution in [1.82, 2.24) is 15.3 Å². The number of ether oxygens (including phenoxy) is 2. The SMILES string of the molecule is COc1cncc(Cl)c1C(=O)NC(CCOCC(C)CCc1ccc2c(n1)NCCC2)C(=O)O. The molecule has 1 amide bonds. The normalized spacial score (nSPS) is 14.4. The minimum absolute atomic E-state index is 0.0472. The van der Waals surface area contributed by atoms with Crippen LogP contribution in [0.3, 0.4) is 0 Å². The van der Waals surface area contributed by atoms with Gasteiger partial charge in [-0.3, -0.25) is 9.78 Å². The van der Waals surface area contributed by atoms with Gasteiger partial charge >= 0.3 is 5.97 Å². The van der Waals surface area contributed by atoms with Crippen molar-refractivity contribution in [2.45, 2.75) is 45.1 Å². The third-order valence-corrected chi connectivity index (χ3v) is 6.00. The molecule has 9 nitrogen and oxygen atoms in total. The largest absolute Gasteiger partial charge is 0.494 e. The van der Waals surface area contributed by atoms with E-state index in [-0.39, 0.29) is 35.3 Å². The maximum Gasteiger partial charge on any atom is 0.326 e. The van der Waals surface area contributed by atoms with Gasteiger partial charge in [-0.2, -0.15) is 0 Å². The first-order valence-corrected chi connectivity index (χ1v) is 11.8. The Balaban J connectivity index is 1.42. The first-order chi connectivity index (χ1) is 16.4.